The van der Waals surface area contributed by atoms with Gasteiger partial charge in [-0.05, 0) is 75.2 Å². The summed E-state index contributed by atoms with van der Waals surface area (Å²) in [6, 6.07) is 14.5. The fourth-order valence-electron chi connectivity index (χ4n) is 4.39. The molecule has 33 heavy (non-hydrogen) atoms. The third kappa shape index (κ3) is 4.60. The quantitative estimate of drug-likeness (QED) is 0.386. The van der Waals surface area contributed by atoms with E-state index in [1.54, 1.807) is 24.3 Å². The Labute approximate surface area is 194 Å². The van der Waals surface area contributed by atoms with Gasteiger partial charge in [-0.1, -0.05) is 19.1 Å². The number of carbonyl (C=O) groups is 1. The predicted octanol–water partition coefficient (Wildman–Crippen LogP) is 5.79. The van der Waals surface area contributed by atoms with Gasteiger partial charge >= 0.3 is 0 Å². The second-order valence-corrected chi connectivity index (χ2v) is 8.86. The zero-order valence-corrected chi connectivity index (χ0v) is 19.5. The van der Waals surface area contributed by atoms with E-state index in [0.29, 0.717) is 11.1 Å². The fourth-order valence-corrected chi connectivity index (χ4v) is 4.39. The average Bonchev–Trinajstić information content (AvgIpc) is 3.32. The van der Waals surface area contributed by atoms with Crippen LogP contribution in [0.2, 0.25) is 0 Å². The van der Waals surface area contributed by atoms with Crippen molar-refractivity contribution in [3.05, 3.63) is 89.5 Å². The van der Waals surface area contributed by atoms with Crippen LogP contribution in [0.15, 0.2) is 72.1 Å². The highest BCUT2D eigenvalue weighted by Crippen LogP contribution is 2.39. The van der Waals surface area contributed by atoms with E-state index in [9.17, 15) is 9.18 Å². The van der Waals surface area contributed by atoms with Crippen LogP contribution >= 0.6 is 0 Å². The molecule has 0 unspecified atom stereocenters. The highest BCUT2D eigenvalue weighted by Gasteiger charge is 2.31. The van der Waals surface area contributed by atoms with Gasteiger partial charge in [-0.2, -0.15) is 5.10 Å². The summed E-state index contributed by atoms with van der Waals surface area (Å²) in [5.41, 5.74) is 6.98. The van der Waals surface area contributed by atoms with Crippen molar-refractivity contribution in [3.8, 4) is 5.69 Å². The molecule has 0 saturated heterocycles. The van der Waals surface area contributed by atoms with E-state index < -0.39 is 0 Å². The molecule has 2 heterocycles. The van der Waals surface area contributed by atoms with E-state index in [-0.39, 0.29) is 17.3 Å². The van der Waals surface area contributed by atoms with Crippen molar-refractivity contribution in [1.82, 2.24) is 9.99 Å². The number of aromatic nitrogens is 1. The van der Waals surface area contributed by atoms with Crippen LogP contribution in [0.25, 0.3) is 11.3 Å². The van der Waals surface area contributed by atoms with E-state index in [4.69, 9.17) is 0 Å². The number of hydrogen-bond acceptors (Lipinski definition) is 3. The molecule has 0 spiro atoms. The van der Waals surface area contributed by atoms with Gasteiger partial charge in [0.2, 0.25) is 0 Å². The van der Waals surface area contributed by atoms with Crippen molar-refractivity contribution in [2.75, 3.05) is 11.4 Å². The lowest BCUT2D eigenvalue weighted by molar-refractivity contribution is 0.0955. The summed E-state index contributed by atoms with van der Waals surface area (Å²) in [5, 5.41) is 4.02. The number of anilines is 1. The Bertz CT molecular complexity index is 1220. The number of hydrazone groups is 1. The molecule has 4 rings (SSSR count). The smallest absolute Gasteiger partial charge is 0.271 e. The van der Waals surface area contributed by atoms with E-state index in [2.05, 4.69) is 42.3 Å². The minimum atomic E-state index is -0.368. The second kappa shape index (κ2) is 9.06. The molecule has 5 nitrogen and oxygen atoms in total. The van der Waals surface area contributed by atoms with Crippen LogP contribution in [-0.2, 0) is 0 Å². The van der Waals surface area contributed by atoms with Gasteiger partial charge in [-0.3, -0.25) is 4.79 Å². The molecule has 170 valence electrons. The van der Waals surface area contributed by atoms with Gasteiger partial charge in [0.05, 0.1) is 11.8 Å². The lowest BCUT2D eigenvalue weighted by Crippen LogP contribution is -2.45. The molecule has 1 amide bonds. The molecule has 3 aromatic rings. The Morgan fingerprint density at radius 2 is 1.91 bits per heavy atom. The number of hydrogen-bond donors (Lipinski definition) is 1. The minimum absolute atomic E-state index is 0.182. The lowest BCUT2D eigenvalue weighted by Gasteiger charge is -2.43. The number of nitrogens with zero attached hydrogens (tertiary/aromatic N) is 3. The predicted molar refractivity (Wildman–Crippen MR) is 133 cm³/mol. The van der Waals surface area contributed by atoms with Gasteiger partial charge in [0.25, 0.3) is 5.91 Å². The van der Waals surface area contributed by atoms with Gasteiger partial charge < -0.3 is 9.47 Å². The topological polar surface area (TPSA) is 49.6 Å². The first-order chi connectivity index (χ1) is 15.8. The van der Waals surface area contributed by atoms with Gasteiger partial charge in [-0.15, -0.1) is 0 Å². The molecule has 2 aromatic carbocycles. The van der Waals surface area contributed by atoms with Gasteiger partial charge in [0, 0.05) is 47.0 Å². The van der Waals surface area contributed by atoms with E-state index in [0.717, 1.165) is 35.5 Å². The Morgan fingerprint density at radius 3 is 2.64 bits per heavy atom. The number of halogens is 1. The summed E-state index contributed by atoms with van der Waals surface area (Å²) >= 11 is 0. The number of fused-ring (bicyclic) bond motifs is 1. The van der Waals surface area contributed by atoms with Crippen LogP contribution in [0.1, 0.15) is 55.6 Å². The highest BCUT2D eigenvalue weighted by atomic mass is 19.1. The molecular weight excluding hydrogens is 415 g/mol. The first-order valence-corrected chi connectivity index (χ1v) is 11.2. The summed E-state index contributed by atoms with van der Waals surface area (Å²) < 4.78 is 16.9. The Balaban J connectivity index is 1.54. The van der Waals surface area contributed by atoms with Crippen LogP contribution in [0.5, 0.6) is 0 Å². The monoisotopic (exact) mass is 444 g/mol. The van der Waals surface area contributed by atoms with E-state index in [1.165, 1.54) is 6.21 Å². The highest BCUT2D eigenvalue weighted by molar-refractivity contribution is 5.95. The van der Waals surface area contributed by atoms with E-state index in [1.807, 2.05) is 48.1 Å². The van der Waals surface area contributed by atoms with Crippen molar-refractivity contribution in [3.63, 3.8) is 0 Å². The summed E-state index contributed by atoms with van der Waals surface area (Å²) in [4.78, 5) is 14.8. The Hall–Kier alpha value is -3.67. The minimum Gasteiger partial charge on any atom is -0.362 e. The molecule has 0 radical (unpaired) electrons. The molecule has 1 N–H and O–H groups in total. The Morgan fingerprint density at radius 1 is 1.15 bits per heavy atom. The summed E-state index contributed by atoms with van der Waals surface area (Å²) in [6.45, 7) is 9.29. The van der Waals surface area contributed by atoms with Crippen LogP contribution < -0.4 is 10.3 Å². The SMILES string of the molecule is CCCN1c2cc(F)c(/C=N/NC(=O)c3cccc(-n4cccc4)c3)cc2C(C)=CC1(C)C. The maximum Gasteiger partial charge on any atom is 0.271 e. The third-order valence-electron chi connectivity index (χ3n) is 5.92. The number of nitrogens with one attached hydrogen (secondary N) is 1. The van der Waals surface area contributed by atoms with Crippen LogP contribution in [0.4, 0.5) is 10.1 Å². The van der Waals surface area contributed by atoms with Crippen LogP contribution in [0.3, 0.4) is 0 Å². The standard InChI is InChI=1S/C27H29FN4O/c1-5-11-32-25-16-24(28)21(15-23(25)19(2)17-27(32,3)4)18-29-30-26(33)20-9-8-10-22(14-20)31-12-6-7-13-31/h6-10,12-18H,5,11H2,1-4H3,(H,30,33)/b29-18+. The second-order valence-electron chi connectivity index (χ2n) is 8.86. The van der Waals surface area contributed by atoms with E-state index >= 15 is 0 Å². The zero-order valence-electron chi connectivity index (χ0n) is 19.5. The van der Waals surface area contributed by atoms with Gasteiger partial charge in [-0.25, -0.2) is 9.82 Å². The van der Waals surface area contributed by atoms with Crippen molar-refractivity contribution in [2.24, 2.45) is 5.10 Å². The molecule has 0 aliphatic carbocycles. The van der Waals surface area contributed by atoms with Crippen molar-refractivity contribution >= 4 is 23.4 Å². The maximum atomic E-state index is 15.0. The molecule has 1 aliphatic rings. The summed E-state index contributed by atoms with van der Waals surface area (Å²) in [6.07, 6.45) is 8.36. The molecule has 0 fully saturated rings. The van der Waals surface area contributed by atoms with Crippen LogP contribution in [-0.4, -0.2) is 28.8 Å². The van der Waals surface area contributed by atoms with Crippen LogP contribution in [0, 0.1) is 5.82 Å². The normalized spacial score (nSPS) is 14.8. The maximum absolute atomic E-state index is 15.0. The molecule has 6 heteroatoms. The third-order valence-corrected chi connectivity index (χ3v) is 5.92. The first kappa shape index (κ1) is 22.5. The summed E-state index contributed by atoms with van der Waals surface area (Å²) in [5.74, 6) is -0.724. The number of rotatable bonds is 6. The Kier molecular flexibility index (Phi) is 6.18. The number of benzene rings is 2. The number of allylic oxidation sites excluding steroid dienone is 1. The average molecular weight is 445 g/mol. The zero-order chi connectivity index (χ0) is 23.6. The fraction of sp³-hybridized carbons (Fsp3) is 0.259. The van der Waals surface area contributed by atoms with Crippen molar-refractivity contribution < 1.29 is 9.18 Å². The first-order valence-electron chi connectivity index (χ1n) is 11.2. The largest absolute Gasteiger partial charge is 0.362 e. The van der Waals surface area contributed by atoms with Crippen molar-refractivity contribution in [1.29, 1.82) is 0 Å². The molecule has 1 aromatic heterocycles. The molecule has 1 aliphatic heterocycles. The lowest BCUT2D eigenvalue weighted by atomic mass is 9.88. The molecule has 0 bridgehead atoms. The number of amides is 1. The molecular formula is C27H29FN4O. The molecule has 0 atom stereocenters. The summed E-state index contributed by atoms with van der Waals surface area (Å²) in [7, 11) is 0. The van der Waals surface area contributed by atoms with Gasteiger partial charge in [0.1, 0.15) is 5.82 Å². The van der Waals surface area contributed by atoms with Gasteiger partial charge in [0.15, 0.2) is 0 Å². The molecule has 0 saturated carbocycles. The van der Waals surface area contributed by atoms with Crippen molar-refractivity contribution in [2.45, 2.75) is 39.7 Å². The number of carbonyl (C=O) groups excluding carboxylic acids is 1.